The van der Waals surface area contributed by atoms with E-state index in [4.69, 9.17) is 22.4 Å². The van der Waals surface area contributed by atoms with Gasteiger partial charge in [0.15, 0.2) is 0 Å². The van der Waals surface area contributed by atoms with Crippen molar-refractivity contribution in [1.29, 1.82) is 0 Å². The summed E-state index contributed by atoms with van der Waals surface area (Å²) in [6.07, 6.45) is 0. The lowest BCUT2D eigenvalue weighted by Crippen LogP contribution is -2.09. The first-order valence-corrected chi connectivity index (χ1v) is 6.08. The lowest BCUT2D eigenvalue weighted by molar-refractivity contribution is 0.0697. The van der Waals surface area contributed by atoms with Crippen molar-refractivity contribution in [3.8, 4) is 0 Å². The highest BCUT2D eigenvalue weighted by Crippen LogP contribution is 2.19. The first-order chi connectivity index (χ1) is 8.50. The van der Waals surface area contributed by atoms with Crippen molar-refractivity contribution in [2.24, 2.45) is 5.73 Å². The second-order valence-corrected chi connectivity index (χ2v) is 4.72. The number of hydrogen-bond acceptors (Lipinski definition) is 3. The summed E-state index contributed by atoms with van der Waals surface area (Å²) in [6, 6.07) is 10.2. The molecule has 1 heterocycles. The minimum absolute atomic E-state index is 0.255. The number of rotatable bonds is 2. The molecule has 0 radical (unpaired) electrons. The standard InChI is InChI=1S/C7H7NO.C5H3ClO2S/c8-7(9)6-4-2-1-3-5-6;6-4-1-3(2-9-4)5(7)8/h1-5H,(H2,8,9);1-2H,(H,7,8). The van der Waals surface area contributed by atoms with E-state index in [0.29, 0.717) is 9.90 Å². The number of carbonyl (C=O) groups excluding carboxylic acids is 1. The Hall–Kier alpha value is -1.85. The predicted octanol–water partition coefficient (Wildman–Crippen LogP) is 2.89. The monoisotopic (exact) mass is 283 g/mol. The number of nitrogens with two attached hydrogens (primary N) is 1. The molecule has 0 bridgehead atoms. The van der Waals surface area contributed by atoms with Gasteiger partial charge in [0.2, 0.25) is 5.91 Å². The number of amides is 1. The number of thiophene rings is 1. The maximum atomic E-state index is 10.4. The van der Waals surface area contributed by atoms with Crippen molar-refractivity contribution in [3.63, 3.8) is 0 Å². The molecule has 0 spiro atoms. The first kappa shape index (κ1) is 14.2. The van der Waals surface area contributed by atoms with E-state index in [9.17, 15) is 9.59 Å². The van der Waals surface area contributed by atoms with Crippen LogP contribution in [0.4, 0.5) is 0 Å². The van der Waals surface area contributed by atoms with E-state index in [1.165, 1.54) is 22.8 Å². The molecule has 0 unspecified atom stereocenters. The molecule has 1 aromatic heterocycles. The third-order valence-corrected chi connectivity index (χ3v) is 2.96. The second kappa shape index (κ2) is 6.78. The maximum absolute atomic E-state index is 10.4. The van der Waals surface area contributed by atoms with Crippen molar-refractivity contribution >= 4 is 34.8 Å². The maximum Gasteiger partial charge on any atom is 0.336 e. The van der Waals surface area contributed by atoms with Crippen LogP contribution < -0.4 is 5.73 Å². The normalized spacial score (nSPS) is 9.17. The zero-order valence-electron chi connectivity index (χ0n) is 9.17. The quantitative estimate of drug-likeness (QED) is 0.889. The minimum Gasteiger partial charge on any atom is -0.478 e. The molecule has 0 aliphatic carbocycles. The first-order valence-electron chi connectivity index (χ1n) is 4.83. The van der Waals surface area contributed by atoms with E-state index < -0.39 is 5.97 Å². The Morgan fingerprint density at radius 1 is 1.17 bits per heavy atom. The Bertz CT molecular complexity index is 539. The number of primary amides is 1. The van der Waals surface area contributed by atoms with Gasteiger partial charge in [0.25, 0.3) is 0 Å². The summed E-state index contributed by atoms with van der Waals surface area (Å²) in [4.78, 5) is 20.6. The van der Waals surface area contributed by atoms with Gasteiger partial charge in [0.1, 0.15) is 0 Å². The molecule has 1 amide bonds. The Balaban J connectivity index is 0.000000180. The average molecular weight is 284 g/mol. The summed E-state index contributed by atoms with van der Waals surface area (Å²) in [5, 5.41) is 9.85. The summed E-state index contributed by atoms with van der Waals surface area (Å²) in [7, 11) is 0. The zero-order valence-corrected chi connectivity index (χ0v) is 10.7. The van der Waals surface area contributed by atoms with Crippen LogP contribution in [-0.4, -0.2) is 17.0 Å². The number of carboxylic acid groups (broad SMARTS) is 1. The third-order valence-electron chi connectivity index (χ3n) is 1.87. The van der Waals surface area contributed by atoms with E-state index >= 15 is 0 Å². The fraction of sp³-hybridized carbons (Fsp3) is 0. The molecule has 0 saturated heterocycles. The smallest absolute Gasteiger partial charge is 0.336 e. The highest BCUT2D eigenvalue weighted by atomic mass is 35.5. The van der Waals surface area contributed by atoms with Crippen LogP contribution in [0.5, 0.6) is 0 Å². The van der Waals surface area contributed by atoms with Crippen molar-refractivity contribution < 1.29 is 14.7 Å². The topological polar surface area (TPSA) is 80.4 Å². The van der Waals surface area contributed by atoms with Crippen LogP contribution in [-0.2, 0) is 0 Å². The van der Waals surface area contributed by atoms with Crippen LogP contribution in [0.3, 0.4) is 0 Å². The van der Waals surface area contributed by atoms with Crippen LogP contribution >= 0.6 is 22.9 Å². The van der Waals surface area contributed by atoms with Crippen molar-refractivity contribution in [1.82, 2.24) is 0 Å². The van der Waals surface area contributed by atoms with Crippen LogP contribution in [0.2, 0.25) is 4.34 Å². The second-order valence-electron chi connectivity index (χ2n) is 3.17. The molecule has 94 valence electrons. The molecular weight excluding hydrogens is 274 g/mol. The number of carbonyl (C=O) groups is 2. The summed E-state index contributed by atoms with van der Waals surface area (Å²) in [5.74, 6) is -1.31. The Labute approximate surface area is 113 Å². The third kappa shape index (κ3) is 4.57. The van der Waals surface area contributed by atoms with Gasteiger partial charge in [-0.2, -0.15) is 0 Å². The van der Waals surface area contributed by atoms with Gasteiger partial charge >= 0.3 is 5.97 Å². The highest BCUT2D eigenvalue weighted by Gasteiger charge is 2.03. The fourth-order valence-corrected chi connectivity index (χ4v) is 1.88. The molecule has 2 aromatic rings. The van der Waals surface area contributed by atoms with Gasteiger partial charge in [0.05, 0.1) is 9.90 Å². The molecule has 0 atom stereocenters. The number of halogens is 1. The average Bonchev–Trinajstić information content (AvgIpc) is 2.78. The Morgan fingerprint density at radius 2 is 1.78 bits per heavy atom. The van der Waals surface area contributed by atoms with Gasteiger partial charge in [0, 0.05) is 10.9 Å². The van der Waals surface area contributed by atoms with Gasteiger partial charge in [-0.25, -0.2) is 4.79 Å². The summed E-state index contributed by atoms with van der Waals surface area (Å²) < 4.78 is 0.507. The van der Waals surface area contributed by atoms with E-state index in [-0.39, 0.29) is 11.5 Å². The van der Waals surface area contributed by atoms with Crippen LogP contribution in [0, 0.1) is 0 Å². The Morgan fingerprint density at radius 3 is 2.06 bits per heavy atom. The zero-order chi connectivity index (χ0) is 13.5. The predicted molar refractivity (Wildman–Crippen MR) is 71.2 cm³/mol. The lowest BCUT2D eigenvalue weighted by Gasteiger charge is -1.89. The minimum atomic E-state index is -0.932. The summed E-state index contributed by atoms with van der Waals surface area (Å²) in [6.45, 7) is 0. The molecule has 0 fully saturated rings. The highest BCUT2D eigenvalue weighted by molar-refractivity contribution is 7.14. The van der Waals surface area contributed by atoms with Gasteiger partial charge in [-0.3, -0.25) is 4.79 Å². The lowest BCUT2D eigenvalue weighted by atomic mass is 10.2. The molecule has 18 heavy (non-hydrogen) atoms. The van der Waals surface area contributed by atoms with Gasteiger partial charge in [-0.15, -0.1) is 11.3 Å². The molecule has 0 aliphatic rings. The molecular formula is C12H10ClNO3S. The van der Waals surface area contributed by atoms with Crippen LogP contribution in [0.15, 0.2) is 41.8 Å². The Kier molecular flexibility index (Phi) is 5.35. The van der Waals surface area contributed by atoms with Crippen molar-refractivity contribution in [3.05, 3.63) is 57.2 Å². The van der Waals surface area contributed by atoms with E-state index in [2.05, 4.69) is 0 Å². The van der Waals surface area contributed by atoms with Gasteiger partial charge in [-0.1, -0.05) is 29.8 Å². The molecule has 2 rings (SSSR count). The number of benzene rings is 1. The SMILES string of the molecule is NC(=O)c1ccccc1.O=C(O)c1csc(Cl)c1. The van der Waals surface area contributed by atoms with Crippen molar-refractivity contribution in [2.75, 3.05) is 0 Å². The van der Waals surface area contributed by atoms with E-state index in [1.54, 1.807) is 24.3 Å². The van der Waals surface area contributed by atoms with E-state index in [0.717, 1.165) is 0 Å². The number of hydrogen-bond donors (Lipinski definition) is 2. The van der Waals surface area contributed by atoms with Gasteiger partial charge < -0.3 is 10.8 Å². The molecule has 0 saturated carbocycles. The summed E-state index contributed by atoms with van der Waals surface area (Å²) >= 11 is 6.68. The molecule has 4 nitrogen and oxygen atoms in total. The van der Waals surface area contributed by atoms with Crippen LogP contribution in [0.25, 0.3) is 0 Å². The fourth-order valence-electron chi connectivity index (χ4n) is 1.02. The largest absolute Gasteiger partial charge is 0.478 e. The van der Waals surface area contributed by atoms with E-state index in [1.807, 2.05) is 6.07 Å². The van der Waals surface area contributed by atoms with Gasteiger partial charge in [-0.05, 0) is 18.2 Å². The van der Waals surface area contributed by atoms with Crippen LogP contribution in [0.1, 0.15) is 20.7 Å². The number of carboxylic acids is 1. The molecule has 1 aromatic carbocycles. The number of aromatic carboxylic acids is 1. The molecule has 0 aliphatic heterocycles. The molecule has 6 heteroatoms. The van der Waals surface area contributed by atoms with Crippen molar-refractivity contribution in [2.45, 2.75) is 0 Å². The summed E-state index contributed by atoms with van der Waals surface area (Å²) in [5.41, 5.74) is 5.78. The molecule has 3 N–H and O–H groups in total.